The van der Waals surface area contributed by atoms with Crippen LogP contribution in [0.5, 0.6) is 0 Å². The number of benzene rings is 2. The Morgan fingerprint density at radius 1 is 1.14 bits per heavy atom. The summed E-state index contributed by atoms with van der Waals surface area (Å²) in [6.45, 7) is 3.12. The number of carbonyl (C=O) groups excluding carboxylic acids is 1. The average Bonchev–Trinajstić information content (AvgIpc) is 2.53. The quantitative estimate of drug-likeness (QED) is 0.894. The molecule has 0 saturated carbocycles. The molecule has 0 radical (unpaired) electrons. The zero-order valence-electron chi connectivity index (χ0n) is 12.2. The predicted molar refractivity (Wildman–Crippen MR) is 86.7 cm³/mol. The van der Waals surface area contributed by atoms with E-state index in [9.17, 15) is 4.79 Å². The molecule has 3 rings (SSSR count). The van der Waals surface area contributed by atoms with Crippen molar-refractivity contribution in [3.8, 4) is 0 Å². The van der Waals surface area contributed by atoms with Crippen molar-refractivity contribution < 1.29 is 4.79 Å². The molecule has 0 fully saturated rings. The van der Waals surface area contributed by atoms with E-state index in [2.05, 4.69) is 47.9 Å². The molecule has 1 aliphatic heterocycles. The molecule has 1 heterocycles. The topological polar surface area (TPSA) is 41.1 Å². The summed E-state index contributed by atoms with van der Waals surface area (Å²) in [6.07, 6.45) is 1.40. The van der Waals surface area contributed by atoms with E-state index in [1.807, 2.05) is 18.2 Å². The normalized spacial score (nSPS) is 15.0. The van der Waals surface area contributed by atoms with E-state index in [4.69, 9.17) is 0 Å². The van der Waals surface area contributed by atoms with Gasteiger partial charge in [0.2, 0.25) is 5.91 Å². The number of nitrogens with one attached hydrogen (secondary N) is 2. The van der Waals surface area contributed by atoms with Gasteiger partial charge in [-0.1, -0.05) is 37.3 Å². The summed E-state index contributed by atoms with van der Waals surface area (Å²) in [5, 5.41) is 6.40. The van der Waals surface area contributed by atoms with E-state index in [1.54, 1.807) is 0 Å². The van der Waals surface area contributed by atoms with Gasteiger partial charge >= 0.3 is 0 Å². The number of aryl methyl sites for hydroxylation is 1. The summed E-state index contributed by atoms with van der Waals surface area (Å²) >= 11 is 0. The van der Waals surface area contributed by atoms with E-state index in [-0.39, 0.29) is 5.91 Å². The fraction of sp³-hybridized carbons (Fsp3) is 0.278. The second kappa shape index (κ2) is 6.00. The van der Waals surface area contributed by atoms with Crippen LogP contribution in [0.2, 0.25) is 0 Å². The lowest BCUT2D eigenvalue weighted by molar-refractivity contribution is -0.116. The zero-order valence-corrected chi connectivity index (χ0v) is 12.2. The van der Waals surface area contributed by atoms with E-state index in [0.717, 1.165) is 24.3 Å². The largest absolute Gasteiger partial charge is 0.384 e. The fourth-order valence-corrected chi connectivity index (χ4v) is 2.66. The van der Waals surface area contributed by atoms with Gasteiger partial charge in [-0.05, 0) is 41.7 Å². The highest BCUT2D eigenvalue weighted by atomic mass is 16.1. The van der Waals surface area contributed by atoms with E-state index >= 15 is 0 Å². The first-order valence-electron chi connectivity index (χ1n) is 7.44. The summed E-state index contributed by atoms with van der Waals surface area (Å²) < 4.78 is 0. The van der Waals surface area contributed by atoms with E-state index in [1.165, 1.54) is 11.1 Å². The maximum atomic E-state index is 11.4. The van der Waals surface area contributed by atoms with Gasteiger partial charge < -0.3 is 10.6 Å². The Balaban J connectivity index is 1.65. The van der Waals surface area contributed by atoms with Crippen LogP contribution >= 0.6 is 0 Å². The molecule has 2 aromatic rings. The Labute approximate surface area is 125 Å². The summed E-state index contributed by atoms with van der Waals surface area (Å²) in [5.41, 5.74) is 4.63. The average molecular weight is 280 g/mol. The Morgan fingerprint density at radius 3 is 2.76 bits per heavy atom. The first kappa shape index (κ1) is 13.7. The highest BCUT2D eigenvalue weighted by molar-refractivity contribution is 5.94. The molecule has 1 amide bonds. The third kappa shape index (κ3) is 3.24. The van der Waals surface area contributed by atoms with Crippen molar-refractivity contribution in [2.24, 2.45) is 0 Å². The number of hydrogen-bond acceptors (Lipinski definition) is 2. The molecule has 3 heteroatoms. The molecule has 21 heavy (non-hydrogen) atoms. The number of hydrogen-bond donors (Lipinski definition) is 2. The number of carbonyl (C=O) groups is 1. The maximum absolute atomic E-state index is 11.4. The lowest BCUT2D eigenvalue weighted by Crippen LogP contribution is -2.19. The molecule has 2 N–H and O–H groups in total. The minimum atomic E-state index is 0.112. The minimum absolute atomic E-state index is 0.112. The van der Waals surface area contributed by atoms with Crippen molar-refractivity contribution in [3.05, 3.63) is 59.7 Å². The molecule has 1 unspecified atom stereocenters. The van der Waals surface area contributed by atoms with Crippen LogP contribution in [0.25, 0.3) is 0 Å². The number of rotatable bonds is 4. The van der Waals surface area contributed by atoms with Crippen molar-refractivity contribution in [3.63, 3.8) is 0 Å². The SMILES string of the molecule is CC(CNc1ccc2c(c1)CCC(=O)N2)c1ccccc1. The molecule has 1 atom stereocenters. The molecule has 0 saturated heterocycles. The van der Waals surface area contributed by atoms with Gasteiger partial charge in [-0.3, -0.25) is 4.79 Å². The van der Waals surface area contributed by atoms with E-state index < -0.39 is 0 Å². The third-order valence-corrected chi connectivity index (χ3v) is 3.98. The monoisotopic (exact) mass is 280 g/mol. The highest BCUT2D eigenvalue weighted by Gasteiger charge is 2.14. The Morgan fingerprint density at radius 2 is 1.95 bits per heavy atom. The Kier molecular flexibility index (Phi) is 3.91. The molecule has 0 aliphatic carbocycles. The number of amides is 1. The van der Waals surface area contributed by atoms with Crippen LogP contribution in [0.4, 0.5) is 11.4 Å². The molecular formula is C18H20N2O. The van der Waals surface area contributed by atoms with Crippen molar-refractivity contribution in [1.82, 2.24) is 0 Å². The Bertz CT molecular complexity index is 637. The smallest absolute Gasteiger partial charge is 0.224 e. The lowest BCUT2D eigenvalue weighted by atomic mass is 10.0. The summed E-state index contributed by atoms with van der Waals surface area (Å²) in [5.74, 6) is 0.572. The molecular weight excluding hydrogens is 260 g/mol. The van der Waals surface area contributed by atoms with Crippen LogP contribution in [0.3, 0.4) is 0 Å². The zero-order chi connectivity index (χ0) is 14.7. The van der Waals surface area contributed by atoms with Crippen LogP contribution in [0.15, 0.2) is 48.5 Å². The molecule has 0 aromatic heterocycles. The van der Waals surface area contributed by atoms with E-state index in [0.29, 0.717) is 12.3 Å². The molecule has 2 aromatic carbocycles. The van der Waals surface area contributed by atoms with Gasteiger partial charge in [-0.2, -0.15) is 0 Å². The van der Waals surface area contributed by atoms with Gasteiger partial charge in [0.05, 0.1) is 0 Å². The van der Waals surface area contributed by atoms with Crippen molar-refractivity contribution in [2.75, 3.05) is 17.2 Å². The second-order valence-electron chi connectivity index (χ2n) is 5.61. The standard InChI is InChI=1S/C18H20N2O/c1-13(14-5-3-2-4-6-14)12-19-16-8-9-17-15(11-16)7-10-18(21)20-17/h2-6,8-9,11,13,19H,7,10,12H2,1H3,(H,20,21). The van der Waals surface area contributed by atoms with Gasteiger partial charge in [-0.15, -0.1) is 0 Å². The molecule has 108 valence electrons. The van der Waals surface area contributed by atoms with Crippen molar-refractivity contribution >= 4 is 17.3 Å². The van der Waals surface area contributed by atoms with Crippen molar-refractivity contribution in [1.29, 1.82) is 0 Å². The third-order valence-electron chi connectivity index (χ3n) is 3.98. The summed E-state index contributed by atoms with van der Waals surface area (Å²) in [4.78, 5) is 11.4. The summed E-state index contributed by atoms with van der Waals surface area (Å²) in [7, 11) is 0. The number of fused-ring (bicyclic) bond motifs is 1. The molecule has 0 spiro atoms. The van der Waals surface area contributed by atoms with Gasteiger partial charge in [-0.25, -0.2) is 0 Å². The lowest BCUT2D eigenvalue weighted by Gasteiger charge is -2.19. The predicted octanol–water partition coefficient (Wildman–Crippen LogP) is 3.79. The highest BCUT2D eigenvalue weighted by Crippen LogP contribution is 2.26. The second-order valence-corrected chi connectivity index (χ2v) is 5.61. The van der Waals surface area contributed by atoms with Gasteiger partial charge in [0.25, 0.3) is 0 Å². The number of anilines is 2. The molecule has 3 nitrogen and oxygen atoms in total. The minimum Gasteiger partial charge on any atom is -0.384 e. The maximum Gasteiger partial charge on any atom is 0.224 e. The first-order chi connectivity index (χ1) is 10.2. The molecule has 1 aliphatic rings. The van der Waals surface area contributed by atoms with Crippen LogP contribution in [0.1, 0.15) is 30.4 Å². The van der Waals surface area contributed by atoms with Gasteiger partial charge in [0, 0.05) is 24.3 Å². The Hall–Kier alpha value is -2.29. The van der Waals surface area contributed by atoms with Crippen LogP contribution < -0.4 is 10.6 Å². The fourth-order valence-electron chi connectivity index (χ4n) is 2.66. The van der Waals surface area contributed by atoms with Crippen molar-refractivity contribution in [2.45, 2.75) is 25.7 Å². The van der Waals surface area contributed by atoms with Crippen LogP contribution in [-0.4, -0.2) is 12.5 Å². The van der Waals surface area contributed by atoms with Crippen LogP contribution in [0, 0.1) is 0 Å². The van der Waals surface area contributed by atoms with Crippen LogP contribution in [-0.2, 0) is 11.2 Å². The first-order valence-corrected chi connectivity index (χ1v) is 7.44. The van der Waals surface area contributed by atoms with Gasteiger partial charge in [0.1, 0.15) is 0 Å². The van der Waals surface area contributed by atoms with Gasteiger partial charge in [0.15, 0.2) is 0 Å². The molecule has 0 bridgehead atoms. The summed E-state index contributed by atoms with van der Waals surface area (Å²) in [6, 6.07) is 16.7.